The lowest BCUT2D eigenvalue weighted by molar-refractivity contribution is -0.159. The third kappa shape index (κ3) is 3.35. The van der Waals surface area contributed by atoms with Crippen LogP contribution in [0.3, 0.4) is 0 Å². The molecule has 2 fully saturated rings. The number of thioether (sulfide) groups is 1. The highest BCUT2D eigenvalue weighted by Gasteiger charge is 2.43. The fourth-order valence-electron chi connectivity index (χ4n) is 2.63. The van der Waals surface area contributed by atoms with Crippen molar-refractivity contribution in [3.8, 4) is 0 Å². The summed E-state index contributed by atoms with van der Waals surface area (Å²) in [4.78, 5) is 11.3. The number of hydrogen-bond donors (Lipinski definition) is 0. The molecule has 9 heteroatoms. The van der Waals surface area contributed by atoms with Crippen molar-refractivity contribution in [1.82, 2.24) is 20.2 Å². The predicted octanol–water partition coefficient (Wildman–Crippen LogP) is 0.624. The van der Waals surface area contributed by atoms with E-state index in [4.69, 9.17) is 9.47 Å². The Kier molecular flexibility index (Phi) is 4.41. The lowest BCUT2D eigenvalue weighted by atomic mass is 10.2. The van der Waals surface area contributed by atoms with E-state index in [2.05, 4.69) is 20.3 Å². The van der Waals surface area contributed by atoms with E-state index >= 15 is 0 Å². The van der Waals surface area contributed by atoms with Crippen LogP contribution in [0.1, 0.15) is 25.7 Å². The van der Waals surface area contributed by atoms with E-state index in [0.29, 0.717) is 17.5 Å². The molecule has 21 heavy (non-hydrogen) atoms. The van der Waals surface area contributed by atoms with E-state index in [1.54, 1.807) is 0 Å². The van der Waals surface area contributed by atoms with E-state index in [1.165, 1.54) is 23.6 Å². The molecule has 1 atom stereocenters. The Hall–Kier alpha value is -1.19. The summed E-state index contributed by atoms with van der Waals surface area (Å²) in [5.41, 5.74) is 0. The van der Waals surface area contributed by atoms with Crippen LogP contribution in [0.25, 0.3) is 0 Å². The first-order valence-corrected chi connectivity index (χ1v) is 7.97. The molecule has 8 nitrogen and oxygen atoms in total. The second kappa shape index (κ2) is 6.29. The Labute approximate surface area is 126 Å². The molecule has 1 aliphatic carbocycles. The van der Waals surface area contributed by atoms with Gasteiger partial charge < -0.3 is 14.2 Å². The third-order valence-electron chi connectivity index (χ3n) is 3.68. The van der Waals surface area contributed by atoms with Crippen molar-refractivity contribution in [2.24, 2.45) is 0 Å². The molecule has 0 aromatic carbocycles. The molecule has 0 bridgehead atoms. The number of tetrazole rings is 1. The van der Waals surface area contributed by atoms with Gasteiger partial charge in [0.1, 0.15) is 6.54 Å². The molecular formula is C12H18N4O4S. The minimum atomic E-state index is -0.380. The molecule has 0 N–H and O–H groups in total. The van der Waals surface area contributed by atoms with Crippen molar-refractivity contribution >= 4 is 17.7 Å². The lowest BCUT2D eigenvalue weighted by Crippen LogP contribution is -2.27. The summed E-state index contributed by atoms with van der Waals surface area (Å²) in [7, 11) is 1.34. The SMILES string of the molecule is COC(=O)Cn1nnnc1SCC1COC2(CCCC2)O1. The first-order valence-electron chi connectivity index (χ1n) is 6.98. The van der Waals surface area contributed by atoms with Gasteiger partial charge in [0, 0.05) is 18.6 Å². The minimum Gasteiger partial charge on any atom is -0.468 e. The van der Waals surface area contributed by atoms with Crippen molar-refractivity contribution in [3.63, 3.8) is 0 Å². The molecule has 0 radical (unpaired) electrons. The van der Waals surface area contributed by atoms with Crippen LogP contribution in [0.15, 0.2) is 5.16 Å². The molecule has 116 valence electrons. The third-order valence-corrected chi connectivity index (χ3v) is 4.77. The van der Waals surface area contributed by atoms with Crippen molar-refractivity contribution in [2.75, 3.05) is 19.5 Å². The van der Waals surface area contributed by atoms with E-state index in [1.807, 2.05) is 0 Å². The van der Waals surface area contributed by atoms with Gasteiger partial charge in [-0.25, -0.2) is 4.68 Å². The fraction of sp³-hybridized carbons (Fsp3) is 0.833. The van der Waals surface area contributed by atoms with Gasteiger partial charge in [-0.1, -0.05) is 11.8 Å². The summed E-state index contributed by atoms with van der Waals surface area (Å²) >= 11 is 1.46. The van der Waals surface area contributed by atoms with Crippen molar-refractivity contribution in [3.05, 3.63) is 0 Å². The van der Waals surface area contributed by atoms with Crippen LogP contribution in [0.4, 0.5) is 0 Å². The van der Waals surface area contributed by atoms with Gasteiger partial charge in [0.15, 0.2) is 5.79 Å². The van der Waals surface area contributed by atoms with Crippen LogP contribution < -0.4 is 0 Å². The van der Waals surface area contributed by atoms with Gasteiger partial charge in [-0.2, -0.15) is 0 Å². The Morgan fingerprint density at radius 1 is 1.52 bits per heavy atom. The Morgan fingerprint density at radius 3 is 3.10 bits per heavy atom. The summed E-state index contributed by atoms with van der Waals surface area (Å²) in [6, 6.07) is 0. The number of methoxy groups -OCH3 is 1. The van der Waals surface area contributed by atoms with Crippen LogP contribution in [-0.2, 0) is 25.5 Å². The Bertz CT molecular complexity index is 503. The summed E-state index contributed by atoms with van der Waals surface area (Å²) < 4.78 is 17.9. The molecule has 1 unspecified atom stereocenters. The highest BCUT2D eigenvalue weighted by molar-refractivity contribution is 7.99. The number of nitrogens with zero attached hydrogens (tertiary/aromatic N) is 4. The monoisotopic (exact) mass is 314 g/mol. The molecule has 0 amide bonds. The number of carbonyl (C=O) groups excluding carboxylic acids is 1. The number of hydrogen-bond acceptors (Lipinski definition) is 8. The normalized spacial score (nSPS) is 23.8. The molecule has 2 heterocycles. The number of rotatable bonds is 5. The van der Waals surface area contributed by atoms with Crippen molar-refractivity contribution < 1.29 is 19.0 Å². The zero-order valence-electron chi connectivity index (χ0n) is 11.9. The van der Waals surface area contributed by atoms with E-state index < -0.39 is 0 Å². The van der Waals surface area contributed by atoms with Crippen LogP contribution in [0.5, 0.6) is 0 Å². The van der Waals surface area contributed by atoms with Crippen molar-refractivity contribution in [2.45, 2.75) is 49.3 Å². The molecule has 3 rings (SSSR count). The predicted molar refractivity (Wildman–Crippen MR) is 72.6 cm³/mol. The first-order chi connectivity index (χ1) is 10.2. The maximum absolute atomic E-state index is 11.3. The van der Waals surface area contributed by atoms with E-state index in [9.17, 15) is 4.79 Å². The van der Waals surface area contributed by atoms with Crippen LogP contribution >= 0.6 is 11.8 Å². The topological polar surface area (TPSA) is 88.4 Å². The minimum absolute atomic E-state index is 0.0117. The van der Waals surface area contributed by atoms with Gasteiger partial charge in [0.05, 0.1) is 19.8 Å². The molecule has 1 spiro atoms. The summed E-state index contributed by atoms with van der Waals surface area (Å²) in [5.74, 6) is -0.0265. The van der Waals surface area contributed by atoms with E-state index in [0.717, 1.165) is 25.7 Å². The summed E-state index contributed by atoms with van der Waals surface area (Å²) in [6.45, 7) is 0.614. The average Bonchev–Trinajstić information content (AvgIpc) is 3.20. The standard InChI is InChI=1S/C12H18N4O4S/c1-18-10(17)6-16-11(13-14-15-16)21-8-9-7-19-12(20-9)4-2-3-5-12/h9H,2-8H2,1H3. The van der Waals surface area contributed by atoms with Gasteiger partial charge >= 0.3 is 5.97 Å². The smallest absolute Gasteiger partial charge is 0.327 e. The van der Waals surface area contributed by atoms with Gasteiger partial charge in [0.25, 0.3) is 0 Å². The van der Waals surface area contributed by atoms with Crippen LogP contribution in [0, 0.1) is 0 Å². The maximum Gasteiger partial charge on any atom is 0.327 e. The van der Waals surface area contributed by atoms with Gasteiger partial charge in [-0.05, 0) is 23.3 Å². The highest BCUT2D eigenvalue weighted by Crippen LogP contribution is 2.40. The van der Waals surface area contributed by atoms with Gasteiger partial charge in [-0.15, -0.1) is 5.10 Å². The van der Waals surface area contributed by atoms with Gasteiger partial charge in [-0.3, -0.25) is 4.79 Å². The summed E-state index contributed by atoms with van der Waals surface area (Å²) in [5, 5.41) is 11.9. The molecule has 1 aliphatic heterocycles. The first kappa shape index (κ1) is 14.7. The molecule has 1 saturated heterocycles. The number of esters is 1. The Balaban J connectivity index is 1.52. The van der Waals surface area contributed by atoms with Crippen LogP contribution in [-0.4, -0.2) is 57.5 Å². The number of carbonyl (C=O) groups is 1. The highest BCUT2D eigenvalue weighted by atomic mass is 32.2. The second-order valence-electron chi connectivity index (χ2n) is 5.17. The summed E-state index contributed by atoms with van der Waals surface area (Å²) in [6.07, 6.45) is 4.33. The van der Waals surface area contributed by atoms with Crippen LogP contribution in [0.2, 0.25) is 0 Å². The maximum atomic E-state index is 11.3. The quantitative estimate of drug-likeness (QED) is 0.577. The van der Waals surface area contributed by atoms with Gasteiger partial charge in [0.2, 0.25) is 5.16 Å². The molecular weight excluding hydrogens is 296 g/mol. The molecule has 1 aromatic rings. The molecule has 1 aromatic heterocycles. The number of aromatic nitrogens is 4. The average molecular weight is 314 g/mol. The Morgan fingerprint density at radius 2 is 2.33 bits per heavy atom. The zero-order valence-corrected chi connectivity index (χ0v) is 12.7. The molecule has 1 saturated carbocycles. The lowest BCUT2D eigenvalue weighted by Gasteiger charge is -2.21. The zero-order chi connectivity index (χ0) is 14.7. The fourth-order valence-corrected chi connectivity index (χ4v) is 3.47. The largest absolute Gasteiger partial charge is 0.468 e. The second-order valence-corrected chi connectivity index (χ2v) is 6.16. The molecule has 2 aliphatic rings. The van der Waals surface area contributed by atoms with Crippen molar-refractivity contribution in [1.29, 1.82) is 0 Å². The van der Waals surface area contributed by atoms with E-state index in [-0.39, 0.29) is 24.4 Å². The number of ether oxygens (including phenoxy) is 3.